The Balaban J connectivity index is 1.97. The molecule has 2 aromatic rings. The number of hydrogen-bond donors (Lipinski definition) is 2. The lowest BCUT2D eigenvalue weighted by Crippen LogP contribution is -2.13. The highest BCUT2D eigenvalue weighted by Gasteiger charge is 2.15. The molecule has 0 aliphatic carbocycles. The topological polar surface area (TPSA) is 94.1 Å². The minimum absolute atomic E-state index is 0.0211. The number of methoxy groups -OCH3 is 1. The molecule has 0 aromatic heterocycles. The van der Waals surface area contributed by atoms with Crippen molar-refractivity contribution in [2.75, 3.05) is 19.0 Å². The fraction of sp³-hybridized carbons (Fsp3) is 0.263. The third-order valence-electron chi connectivity index (χ3n) is 3.56. The molecule has 0 saturated carbocycles. The second-order valence-electron chi connectivity index (χ2n) is 5.57. The molecule has 0 heterocycles. The summed E-state index contributed by atoms with van der Waals surface area (Å²) in [7, 11) is 1.30. The fourth-order valence-corrected chi connectivity index (χ4v) is 2.26. The summed E-state index contributed by atoms with van der Waals surface area (Å²) >= 11 is 0. The summed E-state index contributed by atoms with van der Waals surface area (Å²) < 4.78 is 39.7. The lowest BCUT2D eigenvalue weighted by molar-refractivity contribution is -0.137. The van der Waals surface area contributed by atoms with Gasteiger partial charge in [-0.2, -0.15) is 8.78 Å². The van der Waals surface area contributed by atoms with Gasteiger partial charge in [0.15, 0.2) is 11.5 Å². The molecular formula is C19H19F2NO6. The first-order valence-corrected chi connectivity index (χ1v) is 8.28. The number of alkyl halides is 2. The van der Waals surface area contributed by atoms with Gasteiger partial charge in [-0.05, 0) is 48.9 Å². The Morgan fingerprint density at radius 3 is 2.43 bits per heavy atom. The number of halogens is 2. The lowest BCUT2D eigenvalue weighted by atomic mass is 10.2. The average molecular weight is 395 g/mol. The maximum absolute atomic E-state index is 12.5. The first-order valence-electron chi connectivity index (χ1n) is 8.28. The van der Waals surface area contributed by atoms with Gasteiger partial charge in [-0.1, -0.05) is 0 Å². The fourth-order valence-electron chi connectivity index (χ4n) is 2.26. The number of aliphatic carboxylic acids is 1. The summed E-state index contributed by atoms with van der Waals surface area (Å²) in [4.78, 5) is 22.8. The Morgan fingerprint density at radius 1 is 1.11 bits per heavy atom. The lowest BCUT2D eigenvalue weighted by Gasteiger charge is -2.12. The van der Waals surface area contributed by atoms with Crippen molar-refractivity contribution in [1.29, 1.82) is 0 Å². The zero-order chi connectivity index (χ0) is 20.5. The number of ether oxygens (including phenoxy) is 3. The molecule has 7 nitrogen and oxygen atoms in total. The van der Waals surface area contributed by atoms with Gasteiger partial charge >= 0.3 is 12.6 Å². The number of nitrogens with one attached hydrogen (secondary N) is 1. The Kier molecular flexibility index (Phi) is 7.55. The number of carboxylic acids is 1. The maximum atomic E-state index is 12.5. The molecule has 0 spiro atoms. The van der Waals surface area contributed by atoms with E-state index in [1.807, 2.05) is 0 Å². The van der Waals surface area contributed by atoms with Gasteiger partial charge in [0.25, 0.3) is 5.91 Å². The summed E-state index contributed by atoms with van der Waals surface area (Å²) in [5, 5.41) is 11.2. The zero-order valence-corrected chi connectivity index (χ0v) is 15.0. The Labute approximate surface area is 159 Å². The van der Waals surface area contributed by atoms with Crippen LogP contribution in [0.1, 0.15) is 23.2 Å². The largest absolute Gasteiger partial charge is 0.494 e. The second-order valence-corrected chi connectivity index (χ2v) is 5.57. The number of benzene rings is 2. The van der Waals surface area contributed by atoms with Crippen LogP contribution in [0.25, 0.3) is 0 Å². The van der Waals surface area contributed by atoms with E-state index in [1.54, 1.807) is 24.3 Å². The minimum atomic E-state index is -3.05. The molecule has 0 aliphatic heterocycles. The van der Waals surface area contributed by atoms with Gasteiger partial charge in [-0.15, -0.1) is 0 Å². The first kappa shape index (κ1) is 20.9. The Bertz CT molecular complexity index is 811. The number of rotatable bonds is 10. The van der Waals surface area contributed by atoms with Crippen molar-refractivity contribution in [1.82, 2.24) is 0 Å². The van der Waals surface area contributed by atoms with E-state index in [1.165, 1.54) is 25.3 Å². The molecule has 2 N–H and O–H groups in total. The summed E-state index contributed by atoms with van der Waals surface area (Å²) in [5.41, 5.74) is 0.584. The number of amides is 1. The smallest absolute Gasteiger partial charge is 0.387 e. The molecule has 0 bridgehead atoms. The molecule has 0 saturated heterocycles. The molecule has 0 aliphatic rings. The van der Waals surface area contributed by atoms with E-state index >= 15 is 0 Å². The molecule has 2 aromatic carbocycles. The molecule has 0 fully saturated rings. The summed E-state index contributed by atoms with van der Waals surface area (Å²) in [6.07, 6.45) is 0.404. The minimum Gasteiger partial charge on any atom is -0.494 e. The summed E-state index contributed by atoms with van der Waals surface area (Å²) in [5.74, 6) is -1.03. The van der Waals surface area contributed by atoms with Crippen LogP contribution in [0.4, 0.5) is 14.5 Å². The van der Waals surface area contributed by atoms with Crippen LogP contribution in [-0.4, -0.2) is 37.3 Å². The standard InChI is InChI=1S/C19H19F2NO6/c1-26-15-9-4-12(11-16(15)28-19(20)21)18(25)22-13-5-7-14(8-6-13)27-10-2-3-17(23)24/h4-9,11,19H,2-3,10H2,1H3,(H,22,25)(H,23,24). The number of hydrogen-bond acceptors (Lipinski definition) is 5. The molecule has 0 radical (unpaired) electrons. The van der Waals surface area contributed by atoms with E-state index in [4.69, 9.17) is 14.6 Å². The van der Waals surface area contributed by atoms with Gasteiger partial charge in [0, 0.05) is 17.7 Å². The third-order valence-corrected chi connectivity index (χ3v) is 3.56. The van der Waals surface area contributed by atoms with Crippen LogP contribution in [0.15, 0.2) is 42.5 Å². The highest BCUT2D eigenvalue weighted by atomic mass is 19.3. The van der Waals surface area contributed by atoms with Crippen molar-refractivity contribution >= 4 is 17.6 Å². The maximum Gasteiger partial charge on any atom is 0.387 e. The number of carbonyl (C=O) groups excluding carboxylic acids is 1. The van der Waals surface area contributed by atoms with Gasteiger partial charge in [0.2, 0.25) is 0 Å². The van der Waals surface area contributed by atoms with Crippen molar-refractivity contribution in [2.45, 2.75) is 19.5 Å². The molecule has 9 heteroatoms. The van der Waals surface area contributed by atoms with Gasteiger partial charge in [0.05, 0.1) is 13.7 Å². The van der Waals surface area contributed by atoms with E-state index in [0.717, 1.165) is 0 Å². The van der Waals surface area contributed by atoms with Crippen LogP contribution < -0.4 is 19.5 Å². The van der Waals surface area contributed by atoms with Crippen LogP contribution >= 0.6 is 0 Å². The van der Waals surface area contributed by atoms with Crippen LogP contribution in [0.2, 0.25) is 0 Å². The predicted octanol–water partition coefficient (Wildman–Crippen LogP) is 3.79. The molecule has 150 valence electrons. The molecule has 28 heavy (non-hydrogen) atoms. The van der Waals surface area contributed by atoms with Crippen LogP contribution in [0.5, 0.6) is 17.2 Å². The van der Waals surface area contributed by atoms with Gasteiger partial charge in [0.1, 0.15) is 5.75 Å². The summed E-state index contributed by atoms with van der Waals surface area (Å²) in [6.45, 7) is -2.79. The predicted molar refractivity (Wildman–Crippen MR) is 96.4 cm³/mol. The molecule has 2 rings (SSSR count). The number of carboxylic acid groups (broad SMARTS) is 1. The monoisotopic (exact) mass is 395 g/mol. The Hall–Kier alpha value is -3.36. The van der Waals surface area contributed by atoms with Crippen molar-refractivity contribution in [3.8, 4) is 17.2 Å². The summed E-state index contributed by atoms with van der Waals surface area (Å²) in [6, 6.07) is 10.4. The second kappa shape index (κ2) is 10.1. The highest BCUT2D eigenvalue weighted by Crippen LogP contribution is 2.30. The van der Waals surface area contributed by atoms with Crippen molar-refractivity contribution in [3.05, 3.63) is 48.0 Å². The van der Waals surface area contributed by atoms with E-state index in [2.05, 4.69) is 10.1 Å². The SMILES string of the molecule is COc1ccc(C(=O)Nc2ccc(OCCCC(=O)O)cc2)cc1OC(F)F. The first-order chi connectivity index (χ1) is 13.4. The Morgan fingerprint density at radius 2 is 1.82 bits per heavy atom. The molecule has 0 unspecified atom stereocenters. The van der Waals surface area contributed by atoms with Crippen molar-refractivity contribution in [2.24, 2.45) is 0 Å². The van der Waals surface area contributed by atoms with E-state index < -0.39 is 18.5 Å². The average Bonchev–Trinajstić information content (AvgIpc) is 2.65. The number of anilines is 1. The van der Waals surface area contributed by atoms with E-state index in [-0.39, 0.29) is 30.1 Å². The van der Waals surface area contributed by atoms with Crippen LogP contribution in [0.3, 0.4) is 0 Å². The van der Waals surface area contributed by atoms with Crippen LogP contribution in [0, 0.1) is 0 Å². The van der Waals surface area contributed by atoms with Crippen LogP contribution in [-0.2, 0) is 4.79 Å². The molecular weight excluding hydrogens is 376 g/mol. The normalized spacial score (nSPS) is 10.4. The van der Waals surface area contributed by atoms with Gasteiger partial charge in [-0.25, -0.2) is 0 Å². The van der Waals surface area contributed by atoms with Crippen molar-refractivity contribution < 1.29 is 37.7 Å². The number of carbonyl (C=O) groups is 2. The van der Waals surface area contributed by atoms with E-state index in [9.17, 15) is 18.4 Å². The molecule has 1 amide bonds. The van der Waals surface area contributed by atoms with Gasteiger partial charge < -0.3 is 24.6 Å². The van der Waals surface area contributed by atoms with E-state index in [0.29, 0.717) is 17.9 Å². The highest BCUT2D eigenvalue weighted by molar-refractivity contribution is 6.04. The van der Waals surface area contributed by atoms with Crippen molar-refractivity contribution in [3.63, 3.8) is 0 Å². The quantitative estimate of drug-likeness (QED) is 0.595. The van der Waals surface area contributed by atoms with Gasteiger partial charge in [-0.3, -0.25) is 9.59 Å². The zero-order valence-electron chi connectivity index (χ0n) is 15.0. The third kappa shape index (κ3) is 6.42. The molecule has 0 atom stereocenters.